The van der Waals surface area contributed by atoms with Crippen LogP contribution < -0.4 is 0 Å². The number of rotatable bonds is 4. The normalized spacial score (nSPS) is 15.4. The molecule has 0 radical (unpaired) electrons. The predicted octanol–water partition coefficient (Wildman–Crippen LogP) is 4.17. The van der Waals surface area contributed by atoms with Crippen LogP contribution in [-0.4, -0.2) is 54.7 Å². The molecule has 6 nitrogen and oxygen atoms in total. The zero-order valence-electron chi connectivity index (χ0n) is 16.5. The van der Waals surface area contributed by atoms with Crippen LogP contribution in [0.1, 0.15) is 9.67 Å². The van der Waals surface area contributed by atoms with Gasteiger partial charge in [-0.1, -0.05) is 36.4 Å². The van der Waals surface area contributed by atoms with Crippen molar-refractivity contribution in [1.29, 1.82) is 0 Å². The Labute approximate surface area is 188 Å². The second-order valence-electron chi connectivity index (χ2n) is 7.21. The summed E-state index contributed by atoms with van der Waals surface area (Å²) >= 11 is 2.96. The molecule has 0 saturated carbocycles. The van der Waals surface area contributed by atoms with Crippen molar-refractivity contribution in [3.8, 4) is 9.88 Å². The number of nitrogens with zero attached hydrogens (tertiary/aromatic N) is 3. The molecular formula is C22H19N3O3S3. The molecule has 0 aliphatic carbocycles. The van der Waals surface area contributed by atoms with E-state index < -0.39 is 10.0 Å². The van der Waals surface area contributed by atoms with Gasteiger partial charge in [-0.15, -0.1) is 22.7 Å². The van der Waals surface area contributed by atoms with E-state index in [0.717, 1.165) is 20.7 Å². The zero-order valence-corrected chi connectivity index (χ0v) is 18.9. The highest BCUT2D eigenvalue weighted by Gasteiger charge is 2.31. The van der Waals surface area contributed by atoms with Gasteiger partial charge in [-0.3, -0.25) is 4.79 Å². The lowest BCUT2D eigenvalue weighted by Gasteiger charge is -2.33. The highest BCUT2D eigenvalue weighted by atomic mass is 32.2. The monoisotopic (exact) mass is 469 g/mol. The van der Waals surface area contributed by atoms with Crippen molar-refractivity contribution in [2.45, 2.75) is 4.90 Å². The molecular weight excluding hydrogens is 450 g/mol. The summed E-state index contributed by atoms with van der Waals surface area (Å²) < 4.78 is 27.7. The number of aromatic nitrogens is 1. The van der Waals surface area contributed by atoms with Gasteiger partial charge < -0.3 is 4.90 Å². The lowest BCUT2D eigenvalue weighted by atomic mass is 10.1. The van der Waals surface area contributed by atoms with Crippen LogP contribution in [0.3, 0.4) is 0 Å². The van der Waals surface area contributed by atoms with E-state index in [0.29, 0.717) is 18.0 Å². The molecule has 1 saturated heterocycles. The lowest BCUT2D eigenvalue weighted by Crippen LogP contribution is -2.50. The molecule has 1 fully saturated rings. The Balaban J connectivity index is 1.28. The Hall–Kier alpha value is -2.59. The molecule has 0 unspecified atom stereocenters. The third-order valence-electron chi connectivity index (χ3n) is 5.33. The summed E-state index contributed by atoms with van der Waals surface area (Å²) in [5.41, 5.74) is 0. The van der Waals surface area contributed by atoms with E-state index in [-0.39, 0.29) is 23.9 Å². The summed E-state index contributed by atoms with van der Waals surface area (Å²) in [7, 11) is -3.61. The maximum absolute atomic E-state index is 13.1. The second kappa shape index (κ2) is 8.16. The number of thiophene rings is 1. The Morgan fingerprint density at radius 3 is 2.45 bits per heavy atom. The molecule has 1 amide bonds. The van der Waals surface area contributed by atoms with E-state index in [1.807, 2.05) is 47.8 Å². The molecule has 9 heteroatoms. The van der Waals surface area contributed by atoms with Crippen molar-refractivity contribution >= 4 is 49.4 Å². The van der Waals surface area contributed by atoms with Crippen LogP contribution in [0.5, 0.6) is 0 Å². The Morgan fingerprint density at radius 2 is 1.71 bits per heavy atom. The average molecular weight is 470 g/mol. The number of benzene rings is 2. The van der Waals surface area contributed by atoms with Gasteiger partial charge in [-0.25, -0.2) is 13.4 Å². The SMILES string of the molecule is O=C(c1cnc(-c2cccs2)s1)N1CCN(S(=O)(=O)c2ccc3ccccc3c2)CC1. The molecule has 0 spiro atoms. The predicted molar refractivity (Wildman–Crippen MR) is 124 cm³/mol. The number of fused-ring (bicyclic) bond motifs is 1. The first-order valence-electron chi connectivity index (χ1n) is 9.80. The van der Waals surface area contributed by atoms with Crippen LogP contribution in [0, 0.1) is 0 Å². The third-order valence-corrected chi connectivity index (χ3v) is 9.25. The van der Waals surface area contributed by atoms with Gasteiger partial charge in [0.2, 0.25) is 10.0 Å². The first-order valence-corrected chi connectivity index (χ1v) is 12.9. The second-order valence-corrected chi connectivity index (χ2v) is 11.1. The fraction of sp³-hybridized carbons (Fsp3) is 0.182. The molecule has 2 aromatic carbocycles. The van der Waals surface area contributed by atoms with Crippen LogP contribution in [-0.2, 0) is 10.0 Å². The summed E-state index contributed by atoms with van der Waals surface area (Å²) in [6.07, 6.45) is 1.61. The number of sulfonamides is 1. The van der Waals surface area contributed by atoms with Crippen LogP contribution in [0.25, 0.3) is 20.7 Å². The van der Waals surface area contributed by atoms with E-state index in [4.69, 9.17) is 0 Å². The molecule has 3 heterocycles. The largest absolute Gasteiger partial charge is 0.335 e. The lowest BCUT2D eigenvalue weighted by molar-refractivity contribution is 0.0702. The van der Waals surface area contributed by atoms with Gasteiger partial charge >= 0.3 is 0 Å². The number of thiazole rings is 1. The molecule has 4 aromatic rings. The molecule has 2 aromatic heterocycles. The van der Waals surface area contributed by atoms with Crippen molar-refractivity contribution < 1.29 is 13.2 Å². The van der Waals surface area contributed by atoms with Crippen LogP contribution >= 0.6 is 22.7 Å². The van der Waals surface area contributed by atoms with Gasteiger partial charge in [-0.05, 0) is 34.4 Å². The van der Waals surface area contributed by atoms with E-state index in [9.17, 15) is 13.2 Å². The van der Waals surface area contributed by atoms with Gasteiger partial charge in [-0.2, -0.15) is 4.31 Å². The summed E-state index contributed by atoms with van der Waals surface area (Å²) in [5, 5.41) is 4.70. The summed E-state index contributed by atoms with van der Waals surface area (Å²) in [6.45, 7) is 1.27. The van der Waals surface area contributed by atoms with Crippen LogP contribution in [0.4, 0.5) is 0 Å². The smallest absolute Gasteiger partial charge is 0.265 e. The Morgan fingerprint density at radius 1 is 0.935 bits per heavy atom. The van der Waals surface area contributed by atoms with E-state index in [1.54, 1.807) is 34.6 Å². The molecule has 158 valence electrons. The molecule has 1 aliphatic heterocycles. The molecule has 0 atom stereocenters. The maximum Gasteiger partial charge on any atom is 0.265 e. The Kier molecular flexibility index (Phi) is 5.35. The third kappa shape index (κ3) is 3.89. The highest BCUT2D eigenvalue weighted by Crippen LogP contribution is 2.30. The molecule has 1 aliphatic rings. The molecule has 5 rings (SSSR count). The summed E-state index contributed by atoms with van der Waals surface area (Å²) in [5.74, 6) is -0.0944. The fourth-order valence-corrected chi connectivity index (χ4v) is 6.80. The van der Waals surface area contributed by atoms with Gasteiger partial charge in [0.25, 0.3) is 5.91 Å². The maximum atomic E-state index is 13.1. The minimum Gasteiger partial charge on any atom is -0.335 e. The van der Waals surface area contributed by atoms with Crippen molar-refractivity contribution in [3.05, 3.63) is 71.1 Å². The minimum absolute atomic E-state index is 0.0944. The zero-order chi connectivity index (χ0) is 21.4. The van der Waals surface area contributed by atoms with E-state index >= 15 is 0 Å². The van der Waals surface area contributed by atoms with Gasteiger partial charge in [0.05, 0.1) is 16.0 Å². The highest BCUT2D eigenvalue weighted by molar-refractivity contribution is 7.89. The minimum atomic E-state index is -3.61. The van der Waals surface area contributed by atoms with Crippen LogP contribution in [0.15, 0.2) is 71.1 Å². The molecule has 0 N–H and O–H groups in total. The van der Waals surface area contributed by atoms with Gasteiger partial charge in [0, 0.05) is 26.2 Å². The molecule has 0 bridgehead atoms. The van der Waals surface area contributed by atoms with Gasteiger partial charge in [0.15, 0.2) is 0 Å². The average Bonchev–Trinajstić information content (AvgIpc) is 3.50. The topological polar surface area (TPSA) is 70.6 Å². The van der Waals surface area contributed by atoms with Crippen molar-refractivity contribution in [1.82, 2.24) is 14.2 Å². The first kappa shape index (κ1) is 20.3. The number of hydrogen-bond donors (Lipinski definition) is 0. The number of hydrogen-bond acceptors (Lipinski definition) is 6. The number of amides is 1. The van der Waals surface area contributed by atoms with E-state index in [2.05, 4.69) is 4.98 Å². The number of piperazine rings is 1. The fourth-order valence-electron chi connectivity index (χ4n) is 3.65. The first-order chi connectivity index (χ1) is 15.0. The Bertz CT molecular complexity index is 1340. The molecule has 31 heavy (non-hydrogen) atoms. The van der Waals surface area contributed by atoms with Crippen molar-refractivity contribution in [2.24, 2.45) is 0 Å². The number of carbonyl (C=O) groups is 1. The standard InChI is InChI=1S/C22H19N3O3S3/c26-22(20-15-23-21(30-20)19-6-3-13-29-19)24-9-11-25(12-10-24)31(27,28)18-8-7-16-4-1-2-5-17(16)14-18/h1-8,13-15H,9-12H2. The summed E-state index contributed by atoms with van der Waals surface area (Å²) in [6, 6.07) is 16.8. The quantitative estimate of drug-likeness (QED) is 0.450. The van der Waals surface area contributed by atoms with Crippen molar-refractivity contribution in [3.63, 3.8) is 0 Å². The van der Waals surface area contributed by atoms with Crippen LogP contribution in [0.2, 0.25) is 0 Å². The van der Waals surface area contributed by atoms with Gasteiger partial charge in [0.1, 0.15) is 9.88 Å². The summed E-state index contributed by atoms with van der Waals surface area (Å²) in [4.78, 5) is 20.9. The van der Waals surface area contributed by atoms with E-state index in [1.165, 1.54) is 15.6 Å². The van der Waals surface area contributed by atoms with Crippen molar-refractivity contribution in [2.75, 3.05) is 26.2 Å². The number of carbonyl (C=O) groups excluding carboxylic acids is 1.